The third-order valence-electron chi connectivity index (χ3n) is 5.67. The minimum absolute atomic E-state index is 1.00. The maximum Gasteiger partial charge on any atom is -0.0169 e. The number of rotatable bonds is 0. The molecule has 0 aromatic carbocycles. The molecule has 0 aliphatic heterocycles. The maximum absolute atomic E-state index is 2.77. The van der Waals surface area contributed by atoms with Gasteiger partial charge in [-0.05, 0) is 68.1 Å². The molecule has 5 unspecified atom stereocenters. The Labute approximate surface area is 93.1 Å². The van der Waals surface area contributed by atoms with Crippen molar-refractivity contribution < 1.29 is 0 Å². The molecule has 0 N–H and O–H groups in total. The topological polar surface area (TPSA) is 0 Å². The summed E-state index contributed by atoms with van der Waals surface area (Å²) in [7, 11) is 0. The lowest BCUT2D eigenvalue weighted by molar-refractivity contribution is 0.205. The Balaban J connectivity index is 1.64. The SMILES string of the molecule is C1=C2C(CCC3CC23)CC2CCCCC12. The molecule has 0 nitrogen and oxygen atoms in total. The molecule has 4 aliphatic rings. The van der Waals surface area contributed by atoms with Crippen molar-refractivity contribution in [3.63, 3.8) is 0 Å². The van der Waals surface area contributed by atoms with Crippen molar-refractivity contribution in [3.8, 4) is 0 Å². The molecule has 3 fully saturated rings. The molecule has 0 heterocycles. The average Bonchev–Trinajstić information content (AvgIpc) is 3.06. The molecule has 0 bridgehead atoms. The van der Waals surface area contributed by atoms with Gasteiger partial charge in [0.05, 0.1) is 0 Å². The summed E-state index contributed by atoms with van der Waals surface area (Å²) in [5, 5.41) is 0. The van der Waals surface area contributed by atoms with E-state index in [0.29, 0.717) is 0 Å². The number of hydrogen-bond donors (Lipinski definition) is 0. The predicted octanol–water partition coefficient (Wildman–Crippen LogP) is 4.17. The van der Waals surface area contributed by atoms with Crippen molar-refractivity contribution in [1.82, 2.24) is 0 Å². The van der Waals surface area contributed by atoms with Gasteiger partial charge in [-0.25, -0.2) is 0 Å². The first-order valence-corrected chi connectivity index (χ1v) is 7.13. The van der Waals surface area contributed by atoms with E-state index in [4.69, 9.17) is 0 Å². The standard InChI is InChI=1S/C15H22/c1-2-4-11-8-14-12(7-10(11)3-1)5-6-13-9-15(13)14/h8,10-13,15H,1-7,9H2. The summed E-state index contributed by atoms with van der Waals surface area (Å²) in [5.74, 6) is 5.33. The lowest BCUT2D eigenvalue weighted by Gasteiger charge is -2.40. The van der Waals surface area contributed by atoms with E-state index in [2.05, 4.69) is 6.08 Å². The van der Waals surface area contributed by atoms with E-state index in [1.807, 2.05) is 5.57 Å². The second-order valence-electron chi connectivity index (χ2n) is 6.49. The first kappa shape index (κ1) is 8.84. The zero-order valence-corrected chi connectivity index (χ0v) is 9.62. The van der Waals surface area contributed by atoms with Gasteiger partial charge in [0.15, 0.2) is 0 Å². The highest BCUT2D eigenvalue weighted by Crippen LogP contribution is 2.58. The van der Waals surface area contributed by atoms with Gasteiger partial charge in [0, 0.05) is 0 Å². The van der Waals surface area contributed by atoms with E-state index >= 15 is 0 Å². The third kappa shape index (κ3) is 1.33. The number of allylic oxidation sites excluding steroid dienone is 2. The van der Waals surface area contributed by atoms with Gasteiger partial charge in [-0.2, -0.15) is 0 Å². The number of hydrogen-bond acceptors (Lipinski definition) is 0. The van der Waals surface area contributed by atoms with Crippen molar-refractivity contribution in [2.45, 2.75) is 51.4 Å². The largest absolute Gasteiger partial charge is 0.0814 e. The quantitative estimate of drug-likeness (QED) is 0.517. The van der Waals surface area contributed by atoms with E-state index in [1.165, 1.54) is 25.7 Å². The van der Waals surface area contributed by atoms with E-state index in [1.54, 1.807) is 25.7 Å². The average molecular weight is 202 g/mol. The number of fused-ring (bicyclic) bond motifs is 4. The van der Waals surface area contributed by atoms with Gasteiger partial charge in [0.2, 0.25) is 0 Å². The van der Waals surface area contributed by atoms with Crippen LogP contribution in [0.2, 0.25) is 0 Å². The summed E-state index contributed by atoms with van der Waals surface area (Å²) in [6, 6.07) is 0. The van der Waals surface area contributed by atoms with Crippen molar-refractivity contribution in [2.75, 3.05) is 0 Å². The molecule has 5 atom stereocenters. The summed E-state index contributed by atoms with van der Waals surface area (Å²) in [6.07, 6.45) is 15.1. The Morgan fingerprint density at radius 2 is 1.80 bits per heavy atom. The second kappa shape index (κ2) is 3.12. The van der Waals surface area contributed by atoms with Gasteiger partial charge in [-0.15, -0.1) is 0 Å². The molecule has 82 valence electrons. The highest BCUT2D eigenvalue weighted by Gasteiger charge is 2.48. The second-order valence-corrected chi connectivity index (χ2v) is 6.49. The Bertz CT molecular complexity index is 301. The lowest BCUT2D eigenvalue weighted by atomic mass is 9.65. The van der Waals surface area contributed by atoms with Gasteiger partial charge in [-0.1, -0.05) is 24.5 Å². The molecule has 4 aliphatic carbocycles. The summed E-state index contributed by atoms with van der Waals surface area (Å²) < 4.78 is 0. The van der Waals surface area contributed by atoms with Gasteiger partial charge < -0.3 is 0 Å². The Hall–Kier alpha value is -0.260. The first-order chi connectivity index (χ1) is 7.42. The van der Waals surface area contributed by atoms with Crippen LogP contribution in [0.3, 0.4) is 0 Å². The fraction of sp³-hybridized carbons (Fsp3) is 0.867. The molecule has 0 heteroatoms. The summed E-state index contributed by atoms with van der Waals surface area (Å²) in [6.45, 7) is 0. The van der Waals surface area contributed by atoms with Crippen LogP contribution in [0, 0.1) is 29.6 Å². The molecule has 4 rings (SSSR count). The van der Waals surface area contributed by atoms with Crippen LogP contribution in [0.5, 0.6) is 0 Å². The predicted molar refractivity (Wildman–Crippen MR) is 62.5 cm³/mol. The van der Waals surface area contributed by atoms with Crippen LogP contribution in [-0.4, -0.2) is 0 Å². The van der Waals surface area contributed by atoms with Gasteiger partial charge >= 0.3 is 0 Å². The molecule has 0 spiro atoms. The van der Waals surface area contributed by atoms with E-state index in [9.17, 15) is 0 Å². The van der Waals surface area contributed by atoms with Gasteiger partial charge in [-0.3, -0.25) is 0 Å². The first-order valence-electron chi connectivity index (χ1n) is 7.13. The van der Waals surface area contributed by atoms with Crippen molar-refractivity contribution in [2.24, 2.45) is 29.6 Å². The highest BCUT2D eigenvalue weighted by molar-refractivity contribution is 5.25. The molecular formula is C15H22. The summed E-state index contributed by atoms with van der Waals surface area (Å²) in [5.41, 5.74) is 1.94. The molecular weight excluding hydrogens is 180 g/mol. The van der Waals surface area contributed by atoms with Gasteiger partial charge in [0.25, 0.3) is 0 Å². The van der Waals surface area contributed by atoms with Crippen molar-refractivity contribution >= 4 is 0 Å². The summed E-state index contributed by atoms with van der Waals surface area (Å²) in [4.78, 5) is 0. The van der Waals surface area contributed by atoms with E-state index in [0.717, 1.165) is 29.6 Å². The summed E-state index contributed by atoms with van der Waals surface area (Å²) >= 11 is 0. The highest BCUT2D eigenvalue weighted by atomic mass is 14.5. The van der Waals surface area contributed by atoms with E-state index in [-0.39, 0.29) is 0 Å². The Morgan fingerprint density at radius 1 is 0.867 bits per heavy atom. The molecule has 15 heavy (non-hydrogen) atoms. The monoisotopic (exact) mass is 202 g/mol. The van der Waals surface area contributed by atoms with Crippen LogP contribution in [0.1, 0.15) is 51.4 Å². The van der Waals surface area contributed by atoms with Crippen LogP contribution < -0.4 is 0 Å². The molecule has 3 saturated carbocycles. The van der Waals surface area contributed by atoms with Gasteiger partial charge in [0.1, 0.15) is 0 Å². The molecule has 0 radical (unpaired) electrons. The van der Waals surface area contributed by atoms with E-state index < -0.39 is 0 Å². The van der Waals surface area contributed by atoms with Crippen LogP contribution in [-0.2, 0) is 0 Å². The van der Waals surface area contributed by atoms with Crippen LogP contribution in [0.4, 0.5) is 0 Å². The minimum atomic E-state index is 1.00. The van der Waals surface area contributed by atoms with Crippen molar-refractivity contribution in [1.29, 1.82) is 0 Å². The normalized spacial score (nSPS) is 52.3. The molecule has 0 amide bonds. The fourth-order valence-corrected chi connectivity index (χ4v) is 4.73. The Morgan fingerprint density at radius 3 is 2.80 bits per heavy atom. The maximum atomic E-state index is 2.77. The molecule has 0 aromatic heterocycles. The zero-order chi connectivity index (χ0) is 9.83. The fourth-order valence-electron chi connectivity index (χ4n) is 4.73. The zero-order valence-electron chi connectivity index (χ0n) is 9.62. The Kier molecular flexibility index (Phi) is 1.84. The molecule has 0 saturated heterocycles. The van der Waals surface area contributed by atoms with Crippen molar-refractivity contribution in [3.05, 3.63) is 11.6 Å². The third-order valence-corrected chi connectivity index (χ3v) is 5.67. The smallest absolute Gasteiger partial charge is 0.0169 e. The van der Waals surface area contributed by atoms with Crippen LogP contribution in [0.15, 0.2) is 11.6 Å². The molecule has 0 aromatic rings. The minimum Gasteiger partial charge on any atom is -0.0814 e. The lowest BCUT2D eigenvalue weighted by Crippen LogP contribution is -2.29. The van der Waals surface area contributed by atoms with Crippen LogP contribution >= 0.6 is 0 Å². The van der Waals surface area contributed by atoms with Crippen LogP contribution in [0.25, 0.3) is 0 Å².